The number of aromatic nitrogens is 5. The molecule has 0 atom stereocenters. The van der Waals surface area contributed by atoms with Crippen molar-refractivity contribution in [2.45, 2.75) is 6.54 Å². The van der Waals surface area contributed by atoms with Gasteiger partial charge in [-0.1, -0.05) is 5.16 Å². The number of hydrogen-bond acceptors (Lipinski definition) is 6. The van der Waals surface area contributed by atoms with Gasteiger partial charge in [-0.15, -0.1) is 5.10 Å². The average molecular weight is 232 g/mol. The maximum atomic E-state index is 11.3. The summed E-state index contributed by atoms with van der Waals surface area (Å²) in [5.74, 6) is 0.559. The van der Waals surface area contributed by atoms with Crippen LogP contribution in [0.15, 0.2) is 33.8 Å². The summed E-state index contributed by atoms with van der Waals surface area (Å²) in [5, 5.41) is 16.9. The van der Waals surface area contributed by atoms with Crippen molar-refractivity contribution >= 4 is 11.5 Å². The molecule has 86 valence electrons. The van der Waals surface area contributed by atoms with E-state index in [1.807, 2.05) is 0 Å². The SMILES string of the molecule is O=c1[nH]nc2ccc(NCc3ccon3)nn12. The van der Waals surface area contributed by atoms with Crippen LogP contribution in [0.5, 0.6) is 0 Å². The highest BCUT2D eigenvalue weighted by Crippen LogP contribution is 2.04. The van der Waals surface area contributed by atoms with Gasteiger partial charge in [-0.25, -0.2) is 9.89 Å². The monoisotopic (exact) mass is 232 g/mol. The molecule has 3 aromatic rings. The predicted octanol–water partition coefficient (Wildman–Crippen LogP) is 0.0177. The molecule has 0 fully saturated rings. The Labute approximate surface area is 94.2 Å². The minimum absolute atomic E-state index is 0.370. The molecule has 0 saturated carbocycles. The van der Waals surface area contributed by atoms with E-state index in [4.69, 9.17) is 4.52 Å². The van der Waals surface area contributed by atoms with Crippen molar-refractivity contribution in [1.82, 2.24) is 25.0 Å². The Hall–Kier alpha value is -2.64. The summed E-state index contributed by atoms with van der Waals surface area (Å²) >= 11 is 0. The van der Waals surface area contributed by atoms with E-state index in [1.54, 1.807) is 18.2 Å². The van der Waals surface area contributed by atoms with Crippen molar-refractivity contribution in [1.29, 1.82) is 0 Å². The second-order valence-electron chi connectivity index (χ2n) is 3.36. The van der Waals surface area contributed by atoms with Crippen molar-refractivity contribution in [3.63, 3.8) is 0 Å². The lowest BCUT2D eigenvalue weighted by atomic mass is 10.4. The molecular weight excluding hydrogens is 224 g/mol. The first-order valence-corrected chi connectivity index (χ1v) is 4.90. The Bertz CT molecular complexity index is 683. The van der Waals surface area contributed by atoms with Crippen molar-refractivity contribution in [3.8, 4) is 0 Å². The number of aromatic amines is 1. The number of rotatable bonds is 3. The fraction of sp³-hybridized carbons (Fsp3) is 0.111. The fourth-order valence-electron chi connectivity index (χ4n) is 1.41. The van der Waals surface area contributed by atoms with Crippen LogP contribution in [0.25, 0.3) is 5.65 Å². The fourth-order valence-corrected chi connectivity index (χ4v) is 1.41. The Kier molecular flexibility index (Phi) is 2.11. The van der Waals surface area contributed by atoms with Crippen LogP contribution in [0.4, 0.5) is 5.82 Å². The minimum atomic E-state index is -0.370. The van der Waals surface area contributed by atoms with Gasteiger partial charge in [-0.2, -0.15) is 9.61 Å². The van der Waals surface area contributed by atoms with Crippen molar-refractivity contribution in [3.05, 3.63) is 40.6 Å². The van der Waals surface area contributed by atoms with E-state index in [0.29, 0.717) is 18.0 Å². The van der Waals surface area contributed by atoms with E-state index in [9.17, 15) is 4.79 Å². The average Bonchev–Trinajstić information content (AvgIpc) is 2.97. The summed E-state index contributed by atoms with van der Waals surface area (Å²) in [7, 11) is 0. The van der Waals surface area contributed by atoms with E-state index >= 15 is 0 Å². The summed E-state index contributed by atoms with van der Waals surface area (Å²) in [6, 6.07) is 5.17. The minimum Gasteiger partial charge on any atom is -0.364 e. The number of H-pyrrole nitrogens is 1. The maximum Gasteiger partial charge on any atom is 0.364 e. The molecule has 0 aliphatic rings. The molecule has 3 heterocycles. The third-order valence-corrected chi connectivity index (χ3v) is 2.22. The molecule has 2 N–H and O–H groups in total. The first kappa shape index (κ1) is 9.58. The first-order chi connectivity index (χ1) is 8.33. The van der Waals surface area contributed by atoms with Gasteiger partial charge in [-0.3, -0.25) is 0 Å². The molecule has 0 amide bonds. The number of nitrogens with one attached hydrogen (secondary N) is 2. The Morgan fingerprint density at radius 1 is 1.41 bits per heavy atom. The molecule has 0 aromatic carbocycles. The number of anilines is 1. The zero-order valence-corrected chi connectivity index (χ0v) is 8.62. The van der Waals surface area contributed by atoms with E-state index in [1.165, 1.54) is 10.8 Å². The van der Waals surface area contributed by atoms with Crippen molar-refractivity contribution in [2.24, 2.45) is 0 Å². The third kappa shape index (κ3) is 1.75. The highest BCUT2D eigenvalue weighted by molar-refractivity contribution is 5.42. The third-order valence-electron chi connectivity index (χ3n) is 2.22. The van der Waals surface area contributed by atoms with Gasteiger partial charge in [0.05, 0.1) is 6.54 Å². The van der Waals surface area contributed by atoms with Crippen molar-refractivity contribution < 1.29 is 4.52 Å². The molecule has 3 aromatic heterocycles. The van der Waals surface area contributed by atoms with Crippen LogP contribution in [0.1, 0.15) is 5.69 Å². The Morgan fingerprint density at radius 3 is 3.18 bits per heavy atom. The molecule has 0 bridgehead atoms. The van der Waals surface area contributed by atoms with Gasteiger partial charge >= 0.3 is 5.69 Å². The highest BCUT2D eigenvalue weighted by atomic mass is 16.5. The molecular formula is C9H8N6O2. The number of hydrogen-bond donors (Lipinski definition) is 2. The van der Waals surface area contributed by atoms with Crippen LogP contribution in [-0.2, 0) is 6.54 Å². The van der Waals surface area contributed by atoms with Crippen LogP contribution in [0.2, 0.25) is 0 Å². The lowest BCUT2D eigenvalue weighted by Gasteiger charge is -2.01. The number of nitrogens with zero attached hydrogens (tertiary/aromatic N) is 4. The van der Waals surface area contributed by atoms with E-state index in [0.717, 1.165) is 5.69 Å². The van der Waals surface area contributed by atoms with E-state index in [-0.39, 0.29) is 5.69 Å². The topological polar surface area (TPSA) is 101 Å². The van der Waals surface area contributed by atoms with E-state index < -0.39 is 0 Å². The summed E-state index contributed by atoms with van der Waals surface area (Å²) in [5.41, 5.74) is 0.860. The highest BCUT2D eigenvalue weighted by Gasteiger charge is 2.03. The maximum absolute atomic E-state index is 11.3. The summed E-state index contributed by atoms with van der Waals surface area (Å²) in [6.07, 6.45) is 1.49. The van der Waals surface area contributed by atoms with Crippen LogP contribution < -0.4 is 11.0 Å². The summed E-state index contributed by atoms with van der Waals surface area (Å²) in [6.45, 7) is 0.474. The van der Waals surface area contributed by atoms with Crippen LogP contribution >= 0.6 is 0 Å². The van der Waals surface area contributed by atoms with Crippen LogP contribution in [0, 0.1) is 0 Å². The summed E-state index contributed by atoms with van der Waals surface area (Å²) in [4.78, 5) is 11.3. The molecule has 17 heavy (non-hydrogen) atoms. The normalized spacial score (nSPS) is 10.8. The van der Waals surface area contributed by atoms with Gasteiger partial charge in [0.1, 0.15) is 17.8 Å². The molecule has 0 spiro atoms. The zero-order chi connectivity index (χ0) is 11.7. The van der Waals surface area contributed by atoms with Gasteiger partial charge in [0.2, 0.25) is 0 Å². The predicted molar refractivity (Wildman–Crippen MR) is 57.4 cm³/mol. The summed E-state index contributed by atoms with van der Waals surface area (Å²) < 4.78 is 5.88. The van der Waals surface area contributed by atoms with Crippen molar-refractivity contribution in [2.75, 3.05) is 5.32 Å². The smallest absolute Gasteiger partial charge is 0.364 e. The standard InChI is InChI=1S/C9H8N6O2/c16-9-12-11-8-2-1-7(13-15(8)9)10-5-6-3-4-17-14-6/h1-4H,5H2,(H,10,13)(H,12,16). The zero-order valence-electron chi connectivity index (χ0n) is 8.62. The molecule has 0 unspecified atom stereocenters. The van der Waals surface area contributed by atoms with Crippen LogP contribution in [0.3, 0.4) is 0 Å². The molecule has 3 rings (SSSR count). The molecule has 0 saturated heterocycles. The second-order valence-corrected chi connectivity index (χ2v) is 3.36. The lowest BCUT2D eigenvalue weighted by Crippen LogP contribution is -2.14. The van der Waals surface area contributed by atoms with Gasteiger partial charge in [0.25, 0.3) is 0 Å². The quantitative estimate of drug-likeness (QED) is 0.660. The Balaban J connectivity index is 1.85. The van der Waals surface area contributed by atoms with Gasteiger partial charge < -0.3 is 9.84 Å². The molecule has 0 aliphatic carbocycles. The molecule has 0 radical (unpaired) electrons. The largest absolute Gasteiger partial charge is 0.364 e. The van der Waals surface area contributed by atoms with Gasteiger partial charge in [0.15, 0.2) is 5.65 Å². The van der Waals surface area contributed by atoms with Gasteiger partial charge in [-0.05, 0) is 12.1 Å². The van der Waals surface area contributed by atoms with Crippen LogP contribution in [-0.4, -0.2) is 25.0 Å². The molecule has 8 nitrogen and oxygen atoms in total. The van der Waals surface area contributed by atoms with Gasteiger partial charge in [0, 0.05) is 6.07 Å². The second kappa shape index (κ2) is 3.74. The lowest BCUT2D eigenvalue weighted by molar-refractivity contribution is 0.412. The van der Waals surface area contributed by atoms with E-state index in [2.05, 4.69) is 25.8 Å². The molecule has 0 aliphatic heterocycles. The Morgan fingerprint density at radius 2 is 2.35 bits per heavy atom. The first-order valence-electron chi connectivity index (χ1n) is 4.90. The molecule has 8 heteroatoms. The number of fused-ring (bicyclic) bond motifs is 1.